The third kappa shape index (κ3) is 4.38. The number of amides is 1. The van der Waals surface area contributed by atoms with Crippen molar-refractivity contribution >= 4 is 40.4 Å². The molecule has 0 saturated heterocycles. The zero-order valence-corrected chi connectivity index (χ0v) is 17.1. The molecule has 24 heavy (non-hydrogen) atoms. The minimum Gasteiger partial charge on any atom is -0.282 e. The molecule has 0 spiro atoms. The molecule has 0 heterocycles. The summed E-state index contributed by atoms with van der Waals surface area (Å²) in [6, 6.07) is 16.2. The van der Waals surface area contributed by atoms with Crippen LogP contribution in [-0.4, -0.2) is 6.41 Å². The fraction of sp³-hybridized carbons (Fsp3) is 0.381. The van der Waals surface area contributed by atoms with Crippen LogP contribution in [0.25, 0.3) is 0 Å². The van der Waals surface area contributed by atoms with E-state index < -0.39 is 0 Å². The Morgan fingerprint density at radius 2 is 1.67 bits per heavy atom. The van der Waals surface area contributed by atoms with Gasteiger partial charge in [-0.1, -0.05) is 64.4 Å². The molecule has 2 rings (SSSR count). The van der Waals surface area contributed by atoms with Crippen molar-refractivity contribution in [3.05, 3.63) is 57.7 Å². The molecule has 0 N–H and O–H groups in total. The number of nitrogens with zero attached hydrogens (tertiary/aromatic N) is 1. The van der Waals surface area contributed by atoms with Crippen LogP contribution in [0.3, 0.4) is 0 Å². The summed E-state index contributed by atoms with van der Waals surface area (Å²) < 4.78 is 1.07. The molecule has 2 aromatic rings. The monoisotopic (exact) mass is 435 g/mol. The first kappa shape index (κ1) is 19.0. The Kier molecular flexibility index (Phi) is 6.44. The number of para-hydroxylation sites is 2. The van der Waals surface area contributed by atoms with Crippen LogP contribution >= 0.6 is 22.6 Å². The van der Waals surface area contributed by atoms with Gasteiger partial charge < -0.3 is 0 Å². The van der Waals surface area contributed by atoms with Gasteiger partial charge in [0.15, 0.2) is 0 Å². The minimum absolute atomic E-state index is 0.291. The second-order valence-corrected chi connectivity index (χ2v) is 8.27. The molecule has 2 aromatic carbocycles. The first-order chi connectivity index (χ1) is 11.4. The fourth-order valence-electron chi connectivity index (χ4n) is 3.10. The zero-order valence-electron chi connectivity index (χ0n) is 14.9. The van der Waals surface area contributed by atoms with E-state index in [1.54, 1.807) is 4.90 Å². The Morgan fingerprint density at radius 3 is 2.25 bits per heavy atom. The van der Waals surface area contributed by atoms with E-state index in [-0.39, 0.29) is 0 Å². The van der Waals surface area contributed by atoms with Crippen molar-refractivity contribution in [3.63, 3.8) is 0 Å². The number of carbonyl (C=O) groups excluding carboxylic acids is 1. The Labute approximate surface area is 159 Å². The largest absolute Gasteiger partial charge is 0.282 e. The van der Waals surface area contributed by atoms with Crippen molar-refractivity contribution in [1.82, 2.24) is 0 Å². The summed E-state index contributed by atoms with van der Waals surface area (Å²) in [5.74, 6) is 0.389. The summed E-state index contributed by atoms with van der Waals surface area (Å²) in [6.07, 6.45) is 3.17. The van der Waals surface area contributed by atoms with Crippen LogP contribution < -0.4 is 4.90 Å². The average molecular weight is 435 g/mol. The van der Waals surface area contributed by atoms with Crippen molar-refractivity contribution in [1.29, 1.82) is 0 Å². The van der Waals surface area contributed by atoms with Gasteiger partial charge in [-0.15, -0.1) is 0 Å². The molecule has 128 valence electrons. The maximum Gasteiger partial charge on any atom is 0.218 e. The van der Waals surface area contributed by atoms with E-state index in [1.807, 2.05) is 36.4 Å². The molecule has 0 aliphatic rings. The standard InChI is InChI=1S/C21H26INO/c1-5-21(3,4)14-16(2)17-10-6-8-12-19(17)23(15-24)20-13-9-7-11-18(20)22/h6-13,15-16H,5,14H2,1-4H3. The molecule has 1 amide bonds. The highest BCUT2D eigenvalue weighted by Crippen LogP contribution is 2.39. The van der Waals surface area contributed by atoms with Gasteiger partial charge in [-0.2, -0.15) is 0 Å². The lowest BCUT2D eigenvalue weighted by Gasteiger charge is -2.30. The molecule has 0 saturated carbocycles. The molecular formula is C21H26INO. The van der Waals surface area contributed by atoms with Crippen LogP contribution in [0.15, 0.2) is 48.5 Å². The number of benzene rings is 2. The molecule has 0 aliphatic heterocycles. The van der Waals surface area contributed by atoms with Gasteiger partial charge in [0.2, 0.25) is 6.41 Å². The second-order valence-electron chi connectivity index (χ2n) is 7.11. The highest BCUT2D eigenvalue weighted by molar-refractivity contribution is 14.1. The van der Waals surface area contributed by atoms with Crippen LogP contribution in [0.2, 0.25) is 0 Å². The van der Waals surface area contributed by atoms with Crippen molar-refractivity contribution in [3.8, 4) is 0 Å². The van der Waals surface area contributed by atoms with Gasteiger partial charge in [0.25, 0.3) is 0 Å². The molecule has 3 heteroatoms. The van der Waals surface area contributed by atoms with Crippen molar-refractivity contribution in [2.75, 3.05) is 4.90 Å². The van der Waals surface area contributed by atoms with E-state index in [1.165, 1.54) is 5.56 Å². The highest BCUT2D eigenvalue weighted by Gasteiger charge is 2.23. The summed E-state index contributed by atoms with van der Waals surface area (Å²) in [6.45, 7) is 9.12. The summed E-state index contributed by atoms with van der Waals surface area (Å²) in [7, 11) is 0. The van der Waals surface area contributed by atoms with Crippen LogP contribution in [0, 0.1) is 8.99 Å². The molecule has 0 bridgehead atoms. The summed E-state index contributed by atoms with van der Waals surface area (Å²) in [5.41, 5.74) is 3.43. The van der Waals surface area contributed by atoms with Crippen molar-refractivity contribution in [2.45, 2.75) is 46.5 Å². The lowest BCUT2D eigenvalue weighted by atomic mass is 9.78. The van der Waals surface area contributed by atoms with E-state index >= 15 is 0 Å². The van der Waals surface area contributed by atoms with Gasteiger partial charge in [0, 0.05) is 3.57 Å². The Morgan fingerprint density at radius 1 is 1.08 bits per heavy atom. The molecular weight excluding hydrogens is 409 g/mol. The summed E-state index contributed by atoms with van der Waals surface area (Å²) in [4.78, 5) is 13.7. The van der Waals surface area contributed by atoms with E-state index in [0.717, 1.165) is 34.2 Å². The zero-order chi connectivity index (χ0) is 17.7. The smallest absolute Gasteiger partial charge is 0.218 e. The van der Waals surface area contributed by atoms with Crippen LogP contribution in [0.4, 0.5) is 11.4 Å². The summed E-state index contributed by atoms with van der Waals surface area (Å²) in [5, 5.41) is 0. The van der Waals surface area contributed by atoms with E-state index in [4.69, 9.17) is 0 Å². The van der Waals surface area contributed by atoms with Gasteiger partial charge in [-0.25, -0.2) is 0 Å². The third-order valence-electron chi connectivity index (χ3n) is 4.76. The number of anilines is 2. The predicted octanol–water partition coefficient (Wildman–Crippen LogP) is 6.52. The third-order valence-corrected chi connectivity index (χ3v) is 5.67. The molecule has 1 atom stereocenters. The van der Waals surface area contributed by atoms with E-state index in [0.29, 0.717) is 11.3 Å². The Balaban J connectivity index is 2.44. The Bertz CT molecular complexity index is 696. The van der Waals surface area contributed by atoms with Gasteiger partial charge in [-0.05, 0) is 64.1 Å². The average Bonchev–Trinajstić information content (AvgIpc) is 2.57. The lowest BCUT2D eigenvalue weighted by molar-refractivity contribution is -0.106. The molecule has 0 aromatic heterocycles. The van der Waals surface area contributed by atoms with Gasteiger partial charge in [-0.3, -0.25) is 9.69 Å². The quantitative estimate of drug-likeness (QED) is 0.358. The molecule has 0 aliphatic carbocycles. The SMILES string of the molecule is CCC(C)(C)CC(C)c1ccccc1N(C=O)c1ccccc1I. The Hall–Kier alpha value is -1.36. The minimum atomic E-state index is 0.291. The maximum absolute atomic E-state index is 11.9. The van der Waals surface area contributed by atoms with Gasteiger partial charge in [0.05, 0.1) is 11.4 Å². The van der Waals surface area contributed by atoms with Crippen LogP contribution in [-0.2, 0) is 4.79 Å². The van der Waals surface area contributed by atoms with Gasteiger partial charge >= 0.3 is 0 Å². The van der Waals surface area contributed by atoms with Crippen molar-refractivity contribution < 1.29 is 4.79 Å². The maximum atomic E-state index is 11.9. The van der Waals surface area contributed by atoms with Gasteiger partial charge in [0.1, 0.15) is 0 Å². The first-order valence-corrected chi connectivity index (χ1v) is 9.55. The van der Waals surface area contributed by atoms with E-state index in [9.17, 15) is 4.79 Å². The fourth-order valence-corrected chi connectivity index (χ4v) is 3.74. The molecule has 2 nitrogen and oxygen atoms in total. The second kappa shape index (κ2) is 8.15. The summed E-state index contributed by atoms with van der Waals surface area (Å²) >= 11 is 2.28. The predicted molar refractivity (Wildman–Crippen MR) is 111 cm³/mol. The van der Waals surface area contributed by atoms with Crippen LogP contribution in [0.1, 0.15) is 52.0 Å². The van der Waals surface area contributed by atoms with Crippen molar-refractivity contribution in [2.24, 2.45) is 5.41 Å². The molecule has 1 unspecified atom stereocenters. The number of halogens is 1. The number of hydrogen-bond donors (Lipinski definition) is 0. The normalized spacial score (nSPS) is 12.7. The number of hydrogen-bond acceptors (Lipinski definition) is 1. The molecule has 0 radical (unpaired) electrons. The highest BCUT2D eigenvalue weighted by atomic mass is 127. The first-order valence-electron chi connectivity index (χ1n) is 8.47. The van der Waals surface area contributed by atoms with Crippen LogP contribution in [0.5, 0.6) is 0 Å². The number of carbonyl (C=O) groups is 1. The number of rotatable bonds is 7. The topological polar surface area (TPSA) is 20.3 Å². The lowest BCUT2D eigenvalue weighted by Crippen LogP contribution is -2.19. The van der Waals surface area contributed by atoms with E-state index in [2.05, 4.69) is 62.4 Å². The molecule has 0 fully saturated rings.